The third-order valence-electron chi connectivity index (χ3n) is 4.27. The molecule has 7 heteroatoms. The molecule has 1 aromatic rings. The van der Waals surface area contributed by atoms with Crippen LogP contribution in [0.3, 0.4) is 0 Å². The Kier molecular flexibility index (Phi) is 5.31. The van der Waals surface area contributed by atoms with Crippen LogP contribution >= 0.6 is 0 Å². The standard InChI is InChI=1S/C16H21N3O4/c1-11(16(22)23)18(2)14(20)13-4-3-9-19(10-13)15(21)12-5-7-17-8-6-12/h5-8,11,13H,3-4,9-10H2,1-2H3,(H,22,23). The molecule has 1 fully saturated rings. The summed E-state index contributed by atoms with van der Waals surface area (Å²) >= 11 is 0. The molecule has 7 nitrogen and oxygen atoms in total. The zero-order valence-electron chi connectivity index (χ0n) is 13.3. The Balaban J connectivity index is 2.04. The van der Waals surface area contributed by atoms with E-state index < -0.39 is 12.0 Å². The van der Waals surface area contributed by atoms with Crippen LogP contribution in [0.15, 0.2) is 24.5 Å². The predicted octanol–water partition coefficient (Wildman–Crippen LogP) is 0.865. The molecule has 2 rings (SSSR count). The predicted molar refractivity (Wildman–Crippen MR) is 82.7 cm³/mol. The van der Waals surface area contributed by atoms with Crippen molar-refractivity contribution in [2.75, 3.05) is 20.1 Å². The summed E-state index contributed by atoms with van der Waals surface area (Å²) in [4.78, 5) is 42.7. The fourth-order valence-electron chi connectivity index (χ4n) is 2.68. The second kappa shape index (κ2) is 7.21. The molecule has 23 heavy (non-hydrogen) atoms. The van der Waals surface area contributed by atoms with Gasteiger partial charge in [0.2, 0.25) is 5.91 Å². The number of carboxylic acid groups (broad SMARTS) is 1. The molecule has 1 aliphatic rings. The van der Waals surface area contributed by atoms with Crippen molar-refractivity contribution in [3.05, 3.63) is 30.1 Å². The Hall–Kier alpha value is -2.44. The molecule has 2 unspecified atom stereocenters. The third kappa shape index (κ3) is 3.85. The number of likely N-dealkylation sites (N-methyl/N-ethyl adjacent to an activating group) is 1. The number of carbonyl (C=O) groups is 3. The summed E-state index contributed by atoms with van der Waals surface area (Å²) in [6.07, 6.45) is 4.50. The monoisotopic (exact) mass is 319 g/mol. The Morgan fingerprint density at radius 2 is 2.00 bits per heavy atom. The van der Waals surface area contributed by atoms with Gasteiger partial charge in [0.25, 0.3) is 5.91 Å². The smallest absolute Gasteiger partial charge is 0.326 e. The Bertz CT molecular complexity index is 590. The van der Waals surface area contributed by atoms with Gasteiger partial charge in [-0.25, -0.2) is 4.79 Å². The van der Waals surface area contributed by atoms with Gasteiger partial charge in [-0.2, -0.15) is 0 Å². The molecule has 0 spiro atoms. The Morgan fingerprint density at radius 3 is 2.61 bits per heavy atom. The first kappa shape index (κ1) is 16.9. The highest BCUT2D eigenvalue weighted by Gasteiger charge is 2.33. The number of aliphatic carboxylic acids is 1. The van der Waals surface area contributed by atoms with Crippen molar-refractivity contribution in [1.29, 1.82) is 0 Å². The minimum absolute atomic E-state index is 0.126. The topological polar surface area (TPSA) is 90.8 Å². The number of carbonyl (C=O) groups excluding carboxylic acids is 2. The number of aromatic nitrogens is 1. The number of hydrogen-bond acceptors (Lipinski definition) is 4. The van der Waals surface area contributed by atoms with E-state index in [1.54, 1.807) is 29.4 Å². The molecule has 0 aliphatic carbocycles. The van der Waals surface area contributed by atoms with Gasteiger partial charge < -0.3 is 14.9 Å². The van der Waals surface area contributed by atoms with Gasteiger partial charge in [0.1, 0.15) is 6.04 Å². The number of rotatable bonds is 4. The summed E-state index contributed by atoms with van der Waals surface area (Å²) in [6.45, 7) is 2.39. The summed E-state index contributed by atoms with van der Waals surface area (Å²) < 4.78 is 0. The number of amides is 2. The highest BCUT2D eigenvalue weighted by Crippen LogP contribution is 2.21. The van der Waals surface area contributed by atoms with E-state index in [9.17, 15) is 14.4 Å². The fourth-order valence-corrected chi connectivity index (χ4v) is 2.68. The van der Waals surface area contributed by atoms with Crippen LogP contribution in [0.25, 0.3) is 0 Å². The summed E-state index contributed by atoms with van der Waals surface area (Å²) in [6, 6.07) is 2.41. The first-order chi connectivity index (χ1) is 10.9. The van der Waals surface area contributed by atoms with Gasteiger partial charge in [0.05, 0.1) is 5.92 Å². The number of nitrogens with zero attached hydrogens (tertiary/aromatic N) is 3. The molecule has 0 bridgehead atoms. The molecule has 2 heterocycles. The quantitative estimate of drug-likeness (QED) is 0.889. The van der Waals surface area contributed by atoms with E-state index in [-0.39, 0.29) is 17.7 Å². The average Bonchev–Trinajstić information content (AvgIpc) is 2.59. The van der Waals surface area contributed by atoms with E-state index in [1.165, 1.54) is 18.9 Å². The van der Waals surface area contributed by atoms with Gasteiger partial charge in [-0.3, -0.25) is 14.6 Å². The van der Waals surface area contributed by atoms with Crippen LogP contribution in [0.5, 0.6) is 0 Å². The van der Waals surface area contributed by atoms with Crippen LogP contribution in [0.2, 0.25) is 0 Å². The van der Waals surface area contributed by atoms with E-state index in [0.29, 0.717) is 25.1 Å². The van der Waals surface area contributed by atoms with E-state index in [2.05, 4.69) is 4.98 Å². The number of pyridine rings is 1. The largest absolute Gasteiger partial charge is 0.480 e. The molecule has 0 radical (unpaired) electrons. The van der Waals surface area contributed by atoms with Gasteiger partial charge >= 0.3 is 5.97 Å². The second-order valence-electron chi connectivity index (χ2n) is 5.79. The zero-order valence-corrected chi connectivity index (χ0v) is 13.3. The summed E-state index contributed by atoms with van der Waals surface area (Å²) in [5, 5.41) is 9.02. The summed E-state index contributed by atoms with van der Waals surface area (Å²) in [5.41, 5.74) is 0.542. The number of likely N-dealkylation sites (tertiary alicyclic amines) is 1. The van der Waals surface area contributed by atoms with E-state index >= 15 is 0 Å². The van der Waals surface area contributed by atoms with E-state index in [4.69, 9.17) is 5.11 Å². The van der Waals surface area contributed by atoms with Gasteiger partial charge in [0.15, 0.2) is 0 Å². The van der Waals surface area contributed by atoms with Crippen LogP contribution in [-0.2, 0) is 9.59 Å². The molecule has 0 aromatic carbocycles. The lowest BCUT2D eigenvalue weighted by Crippen LogP contribution is -2.49. The normalized spacial score (nSPS) is 19.0. The second-order valence-corrected chi connectivity index (χ2v) is 5.79. The van der Waals surface area contributed by atoms with Crippen molar-refractivity contribution in [1.82, 2.24) is 14.8 Å². The maximum absolute atomic E-state index is 12.5. The Labute approximate surface area is 134 Å². The molecule has 124 valence electrons. The SMILES string of the molecule is CC(C(=O)O)N(C)C(=O)C1CCCN(C(=O)c2ccncc2)C1. The molecule has 1 N–H and O–H groups in total. The van der Waals surface area contributed by atoms with Crippen molar-refractivity contribution in [2.24, 2.45) is 5.92 Å². The van der Waals surface area contributed by atoms with Crippen molar-refractivity contribution in [3.63, 3.8) is 0 Å². The van der Waals surface area contributed by atoms with Crippen molar-refractivity contribution >= 4 is 17.8 Å². The third-order valence-corrected chi connectivity index (χ3v) is 4.27. The molecule has 2 atom stereocenters. The minimum Gasteiger partial charge on any atom is -0.480 e. The maximum Gasteiger partial charge on any atom is 0.326 e. The van der Waals surface area contributed by atoms with E-state index in [0.717, 1.165) is 6.42 Å². The molecular formula is C16H21N3O4. The van der Waals surface area contributed by atoms with Crippen LogP contribution in [0, 0.1) is 5.92 Å². The zero-order chi connectivity index (χ0) is 17.0. The first-order valence-corrected chi connectivity index (χ1v) is 7.60. The van der Waals surface area contributed by atoms with Crippen LogP contribution in [0.1, 0.15) is 30.1 Å². The van der Waals surface area contributed by atoms with Gasteiger partial charge in [-0.05, 0) is 31.9 Å². The number of carboxylic acids is 1. The molecule has 2 amide bonds. The molecular weight excluding hydrogens is 298 g/mol. The Morgan fingerprint density at radius 1 is 1.35 bits per heavy atom. The van der Waals surface area contributed by atoms with Crippen LogP contribution in [-0.4, -0.2) is 63.9 Å². The lowest BCUT2D eigenvalue weighted by atomic mass is 9.95. The van der Waals surface area contributed by atoms with Gasteiger partial charge in [-0.1, -0.05) is 0 Å². The summed E-state index contributed by atoms with van der Waals surface area (Å²) in [7, 11) is 1.49. The maximum atomic E-state index is 12.5. The average molecular weight is 319 g/mol. The van der Waals surface area contributed by atoms with Crippen LogP contribution in [0.4, 0.5) is 0 Å². The molecule has 1 saturated heterocycles. The number of piperidine rings is 1. The molecule has 1 aliphatic heterocycles. The molecule has 1 aromatic heterocycles. The lowest BCUT2D eigenvalue weighted by molar-refractivity contribution is -0.150. The van der Waals surface area contributed by atoms with Gasteiger partial charge in [-0.15, -0.1) is 0 Å². The van der Waals surface area contributed by atoms with Crippen LogP contribution < -0.4 is 0 Å². The van der Waals surface area contributed by atoms with Crippen molar-refractivity contribution < 1.29 is 19.5 Å². The van der Waals surface area contributed by atoms with Crippen molar-refractivity contribution in [2.45, 2.75) is 25.8 Å². The first-order valence-electron chi connectivity index (χ1n) is 7.60. The highest BCUT2D eigenvalue weighted by atomic mass is 16.4. The minimum atomic E-state index is -1.04. The van der Waals surface area contributed by atoms with E-state index in [1.807, 2.05) is 0 Å². The molecule has 0 saturated carbocycles. The van der Waals surface area contributed by atoms with Crippen molar-refractivity contribution in [3.8, 4) is 0 Å². The fraction of sp³-hybridized carbons (Fsp3) is 0.500. The van der Waals surface area contributed by atoms with Gasteiger partial charge in [0, 0.05) is 38.1 Å². The number of hydrogen-bond donors (Lipinski definition) is 1. The lowest BCUT2D eigenvalue weighted by Gasteiger charge is -2.35. The summed E-state index contributed by atoms with van der Waals surface area (Å²) in [5.74, 6) is -1.76. The highest BCUT2D eigenvalue weighted by molar-refractivity contribution is 5.94.